The van der Waals surface area contributed by atoms with Gasteiger partial charge in [-0.15, -0.1) is 0 Å². The largest absolute Gasteiger partial charge is 1.00 e. The third-order valence-corrected chi connectivity index (χ3v) is 3.16. The molecule has 12 heavy (non-hydrogen) atoms. The van der Waals surface area contributed by atoms with Crippen LogP contribution in [-0.2, 0) is 0 Å². The molecule has 0 heterocycles. The number of quaternary nitrogens is 1. The normalized spacial score (nSPS) is 22.0. The highest BCUT2D eigenvalue weighted by Gasteiger charge is 2.22. The summed E-state index contributed by atoms with van der Waals surface area (Å²) in [4.78, 5) is 1.74. The molecule has 1 saturated carbocycles. The van der Waals surface area contributed by atoms with E-state index in [9.17, 15) is 0 Å². The maximum atomic E-state index is 2.35. The van der Waals surface area contributed by atoms with Crippen LogP contribution in [0.3, 0.4) is 0 Å². The van der Waals surface area contributed by atoms with E-state index in [1.54, 1.807) is 4.90 Å². The average molecular weight is 192 g/mol. The third kappa shape index (κ3) is 3.32. The van der Waals surface area contributed by atoms with Crippen LogP contribution in [0.25, 0.3) is 0 Å². The Morgan fingerprint density at radius 2 is 1.58 bits per heavy atom. The molecule has 74 valence electrons. The van der Waals surface area contributed by atoms with Gasteiger partial charge in [0, 0.05) is 0 Å². The van der Waals surface area contributed by atoms with E-state index in [1.165, 1.54) is 32.1 Å². The van der Waals surface area contributed by atoms with Crippen molar-refractivity contribution in [2.45, 2.75) is 58.0 Å². The first kappa shape index (κ1) is 12.2. The zero-order valence-electron chi connectivity index (χ0n) is 8.57. The monoisotopic (exact) mass is 191 g/mol. The third-order valence-electron chi connectivity index (χ3n) is 3.16. The van der Waals surface area contributed by atoms with E-state index in [-0.39, 0.29) is 12.4 Å². The minimum atomic E-state index is 0. The van der Waals surface area contributed by atoms with Crippen molar-refractivity contribution in [1.82, 2.24) is 0 Å². The first-order valence-electron chi connectivity index (χ1n) is 5.05. The Hall–Kier alpha value is 0.250. The number of hydrogen-bond acceptors (Lipinski definition) is 0. The van der Waals surface area contributed by atoms with Crippen LogP contribution >= 0.6 is 0 Å². The summed E-state index contributed by atoms with van der Waals surface area (Å²) in [6.45, 7) is 4.65. The number of rotatable bonds is 2. The molecule has 2 heteroatoms. The maximum Gasteiger partial charge on any atom is 0.0874 e. The van der Waals surface area contributed by atoms with Crippen molar-refractivity contribution in [2.75, 3.05) is 7.05 Å². The highest BCUT2D eigenvalue weighted by Crippen LogP contribution is 2.15. The fraction of sp³-hybridized carbons (Fsp3) is 1.00. The highest BCUT2D eigenvalue weighted by atomic mass is 35.5. The summed E-state index contributed by atoms with van der Waals surface area (Å²) >= 11 is 0. The summed E-state index contributed by atoms with van der Waals surface area (Å²) in [5, 5.41) is 0. The van der Waals surface area contributed by atoms with Gasteiger partial charge in [0.05, 0.1) is 19.1 Å². The van der Waals surface area contributed by atoms with Crippen LogP contribution in [0.15, 0.2) is 0 Å². The van der Waals surface area contributed by atoms with Crippen molar-refractivity contribution in [3.63, 3.8) is 0 Å². The van der Waals surface area contributed by atoms with Crippen LogP contribution in [0.1, 0.15) is 46.0 Å². The zero-order valence-corrected chi connectivity index (χ0v) is 9.32. The molecular formula is C10H22ClN. The van der Waals surface area contributed by atoms with Crippen molar-refractivity contribution in [1.29, 1.82) is 0 Å². The Morgan fingerprint density at radius 3 is 2.00 bits per heavy atom. The van der Waals surface area contributed by atoms with Crippen LogP contribution in [0.2, 0.25) is 0 Å². The van der Waals surface area contributed by atoms with Gasteiger partial charge >= 0.3 is 0 Å². The summed E-state index contributed by atoms with van der Waals surface area (Å²) < 4.78 is 0. The van der Waals surface area contributed by atoms with E-state index < -0.39 is 0 Å². The molecule has 1 N–H and O–H groups in total. The molecule has 1 aliphatic carbocycles. The molecule has 0 spiro atoms. The Balaban J connectivity index is 0.00000121. The first-order chi connectivity index (χ1) is 5.22. The van der Waals surface area contributed by atoms with Gasteiger partial charge in [0.15, 0.2) is 0 Å². The second-order valence-electron chi connectivity index (χ2n) is 4.23. The molecule has 0 aromatic heterocycles. The van der Waals surface area contributed by atoms with Crippen molar-refractivity contribution >= 4 is 0 Å². The Labute approximate surface area is 82.9 Å². The second-order valence-corrected chi connectivity index (χ2v) is 4.23. The molecule has 0 bridgehead atoms. The smallest absolute Gasteiger partial charge is 0.0874 e. The Kier molecular flexibility index (Phi) is 5.94. The van der Waals surface area contributed by atoms with Crippen molar-refractivity contribution < 1.29 is 17.3 Å². The van der Waals surface area contributed by atoms with E-state index in [1.807, 2.05) is 0 Å². The lowest BCUT2D eigenvalue weighted by Gasteiger charge is -2.30. The molecule has 1 unspecified atom stereocenters. The minimum Gasteiger partial charge on any atom is -1.00 e. The van der Waals surface area contributed by atoms with Gasteiger partial charge in [0.25, 0.3) is 0 Å². The van der Waals surface area contributed by atoms with Gasteiger partial charge in [-0.25, -0.2) is 0 Å². The van der Waals surface area contributed by atoms with Crippen LogP contribution in [0.5, 0.6) is 0 Å². The van der Waals surface area contributed by atoms with E-state index in [2.05, 4.69) is 20.9 Å². The molecule has 1 fully saturated rings. The predicted octanol–water partition coefficient (Wildman–Crippen LogP) is -1.75. The SMILES string of the molecule is CC(C)[NH+](C)C1CCCCC1.[Cl-]. The average Bonchev–Trinajstić information content (AvgIpc) is 2.05. The van der Waals surface area contributed by atoms with Gasteiger partial charge in [0.1, 0.15) is 0 Å². The lowest BCUT2D eigenvalue weighted by molar-refractivity contribution is -0.928. The molecule has 0 aromatic rings. The molecule has 1 atom stereocenters. The quantitative estimate of drug-likeness (QED) is 0.528. The van der Waals surface area contributed by atoms with Gasteiger partial charge in [-0.3, -0.25) is 0 Å². The first-order valence-corrected chi connectivity index (χ1v) is 5.05. The summed E-state index contributed by atoms with van der Waals surface area (Å²) in [6.07, 6.45) is 7.33. The van der Waals surface area contributed by atoms with E-state index in [0.717, 1.165) is 12.1 Å². The molecule has 1 nitrogen and oxygen atoms in total. The number of hydrogen-bond donors (Lipinski definition) is 1. The van der Waals surface area contributed by atoms with Crippen molar-refractivity contribution in [3.8, 4) is 0 Å². The summed E-state index contributed by atoms with van der Waals surface area (Å²) in [6, 6.07) is 1.77. The van der Waals surface area contributed by atoms with Crippen LogP contribution in [-0.4, -0.2) is 19.1 Å². The van der Waals surface area contributed by atoms with Crippen molar-refractivity contribution in [2.24, 2.45) is 0 Å². The summed E-state index contributed by atoms with van der Waals surface area (Å²) in [5.74, 6) is 0. The zero-order chi connectivity index (χ0) is 8.27. The highest BCUT2D eigenvalue weighted by molar-refractivity contribution is 4.63. The second kappa shape index (κ2) is 5.82. The fourth-order valence-electron chi connectivity index (χ4n) is 2.03. The lowest BCUT2D eigenvalue weighted by Crippen LogP contribution is -3.16. The topological polar surface area (TPSA) is 4.44 Å². The molecule has 1 rings (SSSR count). The van der Waals surface area contributed by atoms with Gasteiger partial charge in [-0.1, -0.05) is 6.42 Å². The number of halogens is 1. The Bertz CT molecular complexity index is 108. The lowest BCUT2D eigenvalue weighted by atomic mass is 9.94. The summed E-state index contributed by atoms with van der Waals surface area (Å²) in [5.41, 5.74) is 0. The number of nitrogens with one attached hydrogen (secondary N) is 1. The molecule has 0 aliphatic heterocycles. The molecule has 1 aliphatic rings. The van der Waals surface area contributed by atoms with Crippen LogP contribution < -0.4 is 17.3 Å². The van der Waals surface area contributed by atoms with Gasteiger partial charge in [-0.05, 0) is 39.5 Å². The van der Waals surface area contributed by atoms with E-state index in [0.29, 0.717) is 0 Å². The minimum absolute atomic E-state index is 0. The molecular weight excluding hydrogens is 170 g/mol. The van der Waals surface area contributed by atoms with Gasteiger partial charge in [-0.2, -0.15) is 0 Å². The molecule has 0 aromatic carbocycles. The van der Waals surface area contributed by atoms with E-state index >= 15 is 0 Å². The molecule has 0 radical (unpaired) electrons. The molecule has 0 saturated heterocycles. The fourth-order valence-corrected chi connectivity index (χ4v) is 2.03. The van der Waals surface area contributed by atoms with Gasteiger partial charge < -0.3 is 17.3 Å². The standard InChI is InChI=1S/C10H21N.ClH/c1-9(2)11(3)10-7-5-4-6-8-10;/h9-10H,4-8H2,1-3H3;1H. The van der Waals surface area contributed by atoms with Gasteiger partial charge in [0.2, 0.25) is 0 Å². The van der Waals surface area contributed by atoms with Crippen LogP contribution in [0, 0.1) is 0 Å². The predicted molar refractivity (Wildman–Crippen MR) is 48.9 cm³/mol. The maximum absolute atomic E-state index is 2.35. The molecule has 0 amide bonds. The summed E-state index contributed by atoms with van der Waals surface area (Å²) in [7, 11) is 2.35. The van der Waals surface area contributed by atoms with Crippen LogP contribution in [0.4, 0.5) is 0 Å². The Morgan fingerprint density at radius 1 is 1.08 bits per heavy atom. The van der Waals surface area contributed by atoms with Crippen molar-refractivity contribution in [3.05, 3.63) is 0 Å². The van der Waals surface area contributed by atoms with E-state index in [4.69, 9.17) is 0 Å².